The van der Waals surface area contributed by atoms with Crippen LogP contribution in [0.1, 0.15) is 19.3 Å². The van der Waals surface area contributed by atoms with Gasteiger partial charge in [-0.2, -0.15) is 0 Å². The van der Waals surface area contributed by atoms with Crippen molar-refractivity contribution in [2.24, 2.45) is 0 Å². The average Bonchev–Trinajstić information content (AvgIpc) is 2.50. The average molecular weight is 296 g/mol. The SMILES string of the molecule is CN(C)C(=O)CN1CCN(CC(=O)N2CCCCC2)CC1. The third-order valence-electron chi connectivity index (χ3n) is 4.39. The Morgan fingerprint density at radius 1 is 0.810 bits per heavy atom. The Kier molecular flexibility index (Phi) is 5.99. The predicted molar refractivity (Wildman–Crippen MR) is 82.0 cm³/mol. The van der Waals surface area contributed by atoms with E-state index in [1.165, 1.54) is 6.42 Å². The maximum Gasteiger partial charge on any atom is 0.236 e. The zero-order chi connectivity index (χ0) is 15.2. The standard InChI is InChI=1S/C15H28N4O2/c1-16(2)14(20)12-17-8-10-18(11-9-17)13-15(21)19-6-4-3-5-7-19/h3-13H2,1-2H3. The van der Waals surface area contributed by atoms with Crippen LogP contribution in [0.25, 0.3) is 0 Å². The molecule has 2 aliphatic rings. The number of likely N-dealkylation sites (N-methyl/N-ethyl adjacent to an activating group) is 1. The van der Waals surface area contributed by atoms with Gasteiger partial charge < -0.3 is 9.80 Å². The minimum Gasteiger partial charge on any atom is -0.348 e. The third-order valence-corrected chi connectivity index (χ3v) is 4.39. The van der Waals surface area contributed by atoms with E-state index in [1.807, 2.05) is 4.90 Å². The van der Waals surface area contributed by atoms with Crippen molar-refractivity contribution in [2.45, 2.75) is 19.3 Å². The Hall–Kier alpha value is -1.14. The summed E-state index contributed by atoms with van der Waals surface area (Å²) in [6, 6.07) is 0. The predicted octanol–water partition coefficient (Wildman–Crippen LogP) is -0.295. The second kappa shape index (κ2) is 7.75. The van der Waals surface area contributed by atoms with Crippen LogP contribution in [0.4, 0.5) is 0 Å². The number of amides is 2. The fourth-order valence-corrected chi connectivity index (χ4v) is 2.87. The summed E-state index contributed by atoms with van der Waals surface area (Å²) >= 11 is 0. The van der Waals surface area contributed by atoms with Crippen LogP contribution in [0.3, 0.4) is 0 Å². The van der Waals surface area contributed by atoms with Crippen LogP contribution in [0, 0.1) is 0 Å². The molecule has 6 heteroatoms. The Labute approximate surface area is 127 Å². The maximum absolute atomic E-state index is 12.2. The molecule has 0 aromatic heterocycles. The highest BCUT2D eigenvalue weighted by Crippen LogP contribution is 2.10. The molecule has 0 N–H and O–H groups in total. The molecule has 0 aromatic rings. The summed E-state index contributed by atoms with van der Waals surface area (Å²) in [5.74, 6) is 0.417. The van der Waals surface area contributed by atoms with Crippen molar-refractivity contribution < 1.29 is 9.59 Å². The van der Waals surface area contributed by atoms with E-state index >= 15 is 0 Å². The lowest BCUT2D eigenvalue weighted by Crippen LogP contribution is -2.52. The van der Waals surface area contributed by atoms with Gasteiger partial charge in [0.2, 0.25) is 11.8 Å². The number of rotatable bonds is 4. The molecule has 0 saturated carbocycles. The number of nitrogens with zero attached hydrogens (tertiary/aromatic N) is 4. The van der Waals surface area contributed by atoms with E-state index in [-0.39, 0.29) is 11.8 Å². The van der Waals surface area contributed by atoms with Gasteiger partial charge in [0.1, 0.15) is 0 Å². The lowest BCUT2D eigenvalue weighted by molar-refractivity contribution is -0.135. The first-order valence-corrected chi connectivity index (χ1v) is 7.99. The Balaban J connectivity index is 1.69. The number of piperazine rings is 1. The molecule has 21 heavy (non-hydrogen) atoms. The zero-order valence-electron chi connectivity index (χ0n) is 13.4. The van der Waals surface area contributed by atoms with E-state index in [1.54, 1.807) is 19.0 Å². The summed E-state index contributed by atoms with van der Waals surface area (Å²) in [5, 5.41) is 0. The van der Waals surface area contributed by atoms with E-state index in [4.69, 9.17) is 0 Å². The summed E-state index contributed by atoms with van der Waals surface area (Å²) in [6.07, 6.45) is 3.54. The third kappa shape index (κ3) is 4.97. The second-order valence-corrected chi connectivity index (χ2v) is 6.28. The number of carbonyl (C=O) groups is 2. The largest absolute Gasteiger partial charge is 0.348 e. The smallest absolute Gasteiger partial charge is 0.236 e. The van der Waals surface area contributed by atoms with Crippen molar-refractivity contribution in [2.75, 3.05) is 66.5 Å². The van der Waals surface area contributed by atoms with Crippen molar-refractivity contribution in [3.05, 3.63) is 0 Å². The van der Waals surface area contributed by atoms with Gasteiger partial charge in [0.25, 0.3) is 0 Å². The van der Waals surface area contributed by atoms with Gasteiger partial charge >= 0.3 is 0 Å². The fourth-order valence-electron chi connectivity index (χ4n) is 2.87. The maximum atomic E-state index is 12.2. The highest BCUT2D eigenvalue weighted by molar-refractivity contribution is 5.78. The van der Waals surface area contributed by atoms with Crippen LogP contribution in [-0.2, 0) is 9.59 Å². The number of hydrogen-bond donors (Lipinski definition) is 0. The minimum atomic E-state index is 0.146. The van der Waals surface area contributed by atoms with Gasteiger partial charge in [-0.25, -0.2) is 0 Å². The van der Waals surface area contributed by atoms with E-state index in [9.17, 15) is 9.59 Å². The zero-order valence-corrected chi connectivity index (χ0v) is 13.4. The highest BCUT2D eigenvalue weighted by atomic mass is 16.2. The quantitative estimate of drug-likeness (QED) is 0.715. The van der Waals surface area contributed by atoms with Crippen molar-refractivity contribution in [1.29, 1.82) is 0 Å². The van der Waals surface area contributed by atoms with Crippen molar-refractivity contribution >= 4 is 11.8 Å². The first-order valence-electron chi connectivity index (χ1n) is 7.99. The van der Waals surface area contributed by atoms with Crippen LogP contribution in [0.2, 0.25) is 0 Å². The van der Waals surface area contributed by atoms with Gasteiger partial charge in [0.05, 0.1) is 13.1 Å². The van der Waals surface area contributed by atoms with Crippen molar-refractivity contribution in [1.82, 2.24) is 19.6 Å². The van der Waals surface area contributed by atoms with Crippen LogP contribution in [0.5, 0.6) is 0 Å². The molecule has 2 rings (SSSR count). The molecule has 0 aliphatic carbocycles. The van der Waals surface area contributed by atoms with Crippen molar-refractivity contribution in [3.8, 4) is 0 Å². The highest BCUT2D eigenvalue weighted by Gasteiger charge is 2.23. The molecule has 0 aromatic carbocycles. The van der Waals surface area contributed by atoms with Gasteiger partial charge in [-0.3, -0.25) is 19.4 Å². The Morgan fingerprint density at radius 3 is 1.86 bits per heavy atom. The van der Waals surface area contributed by atoms with Gasteiger partial charge in [-0.15, -0.1) is 0 Å². The van der Waals surface area contributed by atoms with Gasteiger partial charge in [0, 0.05) is 53.4 Å². The Bertz CT molecular complexity index is 359. The van der Waals surface area contributed by atoms with Gasteiger partial charge in [0.15, 0.2) is 0 Å². The molecule has 2 fully saturated rings. The summed E-state index contributed by atoms with van der Waals surface area (Å²) in [6.45, 7) is 6.36. The summed E-state index contributed by atoms with van der Waals surface area (Å²) in [7, 11) is 3.58. The molecule has 2 aliphatic heterocycles. The molecular formula is C15H28N4O2. The first kappa shape index (κ1) is 16.2. The van der Waals surface area contributed by atoms with Gasteiger partial charge in [-0.1, -0.05) is 0 Å². The molecule has 0 unspecified atom stereocenters. The number of carbonyl (C=O) groups excluding carboxylic acids is 2. The number of hydrogen-bond acceptors (Lipinski definition) is 4. The lowest BCUT2D eigenvalue weighted by atomic mass is 10.1. The molecule has 2 amide bonds. The van der Waals surface area contributed by atoms with Crippen LogP contribution < -0.4 is 0 Å². The molecule has 2 saturated heterocycles. The summed E-state index contributed by atoms with van der Waals surface area (Å²) < 4.78 is 0. The van der Waals surface area contributed by atoms with Crippen LogP contribution in [0.15, 0.2) is 0 Å². The monoisotopic (exact) mass is 296 g/mol. The molecule has 120 valence electrons. The summed E-state index contributed by atoms with van der Waals surface area (Å²) in [5.41, 5.74) is 0. The first-order chi connectivity index (χ1) is 10.1. The molecule has 0 bridgehead atoms. The number of likely N-dealkylation sites (tertiary alicyclic amines) is 1. The molecule has 0 radical (unpaired) electrons. The Morgan fingerprint density at radius 2 is 1.33 bits per heavy atom. The molecular weight excluding hydrogens is 268 g/mol. The molecule has 0 spiro atoms. The van der Waals surface area contributed by atoms with E-state index in [2.05, 4.69) is 9.80 Å². The van der Waals surface area contributed by atoms with E-state index in [0.717, 1.165) is 52.1 Å². The molecule has 2 heterocycles. The van der Waals surface area contributed by atoms with E-state index in [0.29, 0.717) is 13.1 Å². The van der Waals surface area contributed by atoms with Gasteiger partial charge in [-0.05, 0) is 19.3 Å². The molecule has 6 nitrogen and oxygen atoms in total. The lowest BCUT2D eigenvalue weighted by Gasteiger charge is -2.36. The number of piperidine rings is 1. The molecule has 0 atom stereocenters. The van der Waals surface area contributed by atoms with Crippen LogP contribution >= 0.6 is 0 Å². The van der Waals surface area contributed by atoms with E-state index < -0.39 is 0 Å². The summed E-state index contributed by atoms with van der Waals surface area (Å²) in [4.78, 5) is 31.9. The second-order valence-electron chi connectivity index (χ2n) is 6.28. The topological polar surface area (TPSA) is 47.1 Å². The minimum absolute atomic E-state index is 0.146. The van der Waals surface area contributed by atoms with Crippen LogP contribution in [-0.4, -0.2) is 97.9 Å². The normalized spacial score (nSPS) is 21.3. The van der Waals surface area contributed by atoms with Crippen molar-refractivity contribution in [3.63, 3.8) is 0 Å². The fraction of sp³-hybridized carbons (Fsp3) is 0.867.